The van der Waals surface area contributed by atoms with Crippen molar-refractivity contribution in [3.63, 3.8) is 0 Å². The molecule has 1 aromatic carbocycles. The molecule has 3 rings (SSSR count). The maximum absolute atomic E-state index is 13.3. The lowest BCUT2D eigenvalue weighted by molar-refractivity contribution is -0.129. The first-order valence-corrected chi connectivity index (χ1v) is 6.95. The van der Waals surface area contributed by atoms with Gasteiger partial charge in [0.15, 0.2) is 5.70 Å². The number of hydrogen-bond donors (Lipinski definition) is 0. The van der Waals surface area contributed by atoms with Crippen LogP contribution in [0.15, 0.2) is 46.4 Å². The first-order chi connectivity index (χ1) is 10.2. The van der Waals surface area contributed by atoms with Crippen molar-refractivity contribution in [1.82, 2.24) is 0 Å². The van der Waals surface area contributed by atoms with Crippen LogP contribution in [-0.4, -0.2) is 19.0 Å². The second-order valence-electron chi connectivity index (χ2n) is 4.20. The maximum atomic E-state index is 13.3. The number of aliphatic imine (C=N–C) groups is 1. The number of carbonyl (C=O) groups is 1. The van der Waals surface area contributed by atoms with E-state index in [1.54, 1.807) is 0 Å². The molecular formula is C15H10FNO3S. The van der Waals surface area contributed by atoms with Crippen LogP contribution >= 0.6 is 11.3 Å². The van der Waals surface area contributed by atoms with Crippen LogP contribution in [0.3, 0.4) is 0 Å². The van der Waals surface area contributed by atoms with Crippen LogP contribution in [0.2, 0.25) is 0 Å². The van der Waals surface area contributed by atoms with Gasteiger partial charge in [0.1, 0.15) is 11.6 Å². The molecule has 0 atom stereocenters. The van der Waals surface area contributed by atoms with Crippen LogP contribution in [0, 0.1) is 5.82 Å². The number of hydrogen-bond acceptors (Lipinski definition) is 5. The summed E-state index contributed by atoms with van der Waals surface area (Å²) in [5.74, 6) is -0.269. The van der Waals surface area contributed by atoms with Crippen LogP contribution in [0.4, 0.5) is 4.39 Å². The molecule has 106 valence electrons. The number of halogens is 1. The summed E-state index contributed by atoms with van der Waals surface area (Å²) in [5, 5.41) is 1.86. The topological polar surface area (TPSA) is 47.9 Å². The monoisotopic (exact) mass is 303 g/mol. The maximum Gasteiger partial charge on any atom is 0.363 e. The minimum atomic E-state index is -0.565. The van der Waals surface area contributed by atoms with Crippen molar-refractivity contribution in [2.24, 2.45) is 4.99 Å². The number of nitrogens with zero attached hydrogens (tertiary/aromatic N) is 1. The molecule has 2 heterocycles. The molecule has 0 bridgehead atoms. The largest absolute Gasteiger partial charge is 0.496 e. The first-order valence-electron chi connectivity index (χ1n) is 6.07. The SMILES string of the molecule is COc1ccc(F)cc1/C=C1/N=C(c2cccs2)OC1=O. The van der Waals surface area contributed by atoms with Crippen LogP contribution in [-0.2, 0) is 9.53 Å². The fraction of sp³-hybridized carbons (Fsp3) is 0.0667. The molecular weight excluding hydrogens is 293 g/mol. The Balaban J connectivity index is 2.00. The molecule has 1 aromatic heterocycles. The Kier molecular flexibility index (Phi) is 3.53. The van der Waals surface area contributed by atoms with Crippen molar-refractivity contribution in [2.45, 2.75) is 0 Å². The van der Waals surface area contributed by atoms with Gasteiger partial charge in [-0.15, -0.1) is 11.3 Å². The van der Waals surface area contributed by atoms with Gasteiger partial charge in [0.05, 0.1) is 12.0 Å². The van der Waals surface area contributed by atoms with E-state index in [9.17, 15) is 9.18 Å². The third-order valence-corrected chi connectivity index (χ3v) is 3.69. The number of ether oxygens (including phenoxy) is 2. The third kappa shape index (κ3) is 2.71. The summed E-state index contributed by atoms with van der Waals surface area (Å²) < 4.78 is 23.6. The number of cyclic esters (lactones) is 1. The molecule has 6 heteroatoms. The third-order valence-electron chi connectivity index (χ3n) is 2.84. The molecule has 0 amide bonds. The van der Waals surface area contributed by atoms with E-state index >= 15 is 0 Å². The highest BCUT2D eigenvalue weighted by Crippen LogP contribution is 2.26. The van der Waals surface area contributed by atoms with Crippen LogP contribution < -0.4 is 4.74 Å². The number of methoxy groups -OCH3 is 1. The molecule has 0 aliphatic carbocycles. The van der Waals surface area contributed by atoms with E-state index in [1.807, 2.05) is 17.5 Å². The Hall–Kier alpha value is -2.47. The van der Waals surface area contributed by atoms with Gasteiger partial charge in [-0.2, -0.15) is 0 Å². The predicted octanol–water partition coefficient (Wildman–Crippen LogP) is 3.24. The molecule has 4 nitrogen and oxygen atoms in total. The molecule has 0 saturated heterocycles. The summed E-state index contributed by atoms with van der Waals surface area (Å²) in [7, 11) is 1.47. The van der Waals surface area contributed by atoms with Crippen molar-refractivity contribution in [3.05, 3.63) is 57.7 Å². The van der Waals surface area contributed by atoms with Gasteiger partial charge >= 0.3 is 5.97 Å². The summed E-state index contributed by atoms with van der Waals surface area (Å²) in [4.78, 5) is 16.7. The molecule has 1 aliphatic rings. The fourth-order valence-electron chi connectivity index (χ4n) is 1.88. The molecule has 0 spiro atoms. The zero-order valence-electron chi connectivity index (χ0n) is 11.0. The van der Waals surface area contributed by atoms with E-state index in [0.717, 1.165) is 4.88 Å². The van der Waals surface area contributed by atoms with Gasteiger partial charge < -0.3 is 9.47 Å². The Bertz CT molecular complexity index is 750. The van der Waals surface area contributed by atoms with Gasteiger partial charge in [-0.1, -0.05) is 6.07 Å². The molecule has 21 heavy (non-hydrogen) atoms. The predicted molar refractivity (Wildman–Crippen MR) is 77.9 cm³/mol. The molecule has 0 radical (unpaired) electrons. The normalized spacial score (nSPS) is 16.0. The molecule has 0 N–H and O–H groups in total. The van der Waals surface area contributed by atoms with E-state index in [-0.39, 0.29) is 11.6 Å². The second-order valence-corrected chi connectivity index (χ2v) is 5.15. The van der Waals surface area contributed by atoms with Crippen molar-refractivity contribution in [1.29, 1.82) is 0 Å². The number of esters is 1. The average Bonchev–Trinajstić information content (AvgIpc) is 3.10. The number of thiophene rings is 1. The minimum Gasteiger partial charge on any atom is -0.496 e. The average molecular weight is 303 g/mol. The van der Waals surface area contributed by atoms with Gasteiger partial charge in [0, 0.05) is 5.56 Å². The number of carbonyl (C=O) groups excluding carboxylic acids is 1. The van der Waals surface area contributed by atoms with Crippen molar-refractivity contribution >= 4 is 29.3 Å². The minimum absolute atomic E-state index is 0.113. The van der Waals surface area contributed by atoms with Crippen molar-refractivity contribution < 1.29 is 18.7 Å². The quantitative estimate of drug-likeness (QED) is 0.646. The Morgan fingerprint density at radius 3 is 2.95 bits per heavy atom. The van der Waals surface area contributed by atoms with Gasteiger partial charge in [-0.3, -0.25) is 0 Å². The molecule has 0 fully saturated rings. The van der Waals surface area contributed by atoms with E-state index in [2.05, 4.69) is 4.99 Å². The van der Waals surface area contributed by atoms with E-state index < -0.39 is 11.8 Å². The lowest BCUT2D eigenvalue weighted by Crippen LogP contribution is -2.03. The molecule has 1 aliphatic heterocycles. The van der Waals surface area contributed by atoms with Crippen LogP contribution in [0.25, 0.3) is 6.08 Å². The molecule has 2 aromatic rings. The van der Waals surface area contributed by atoms with Gasteiger partial charge in [0.2, 0.25) is 5.90 Å². The summed E-state index contributed by atoms with van der Waals surface area (Å²) in [5.41, 5.74) is 0.544. The highest BCUT2D eigenvalue weighted by molar-refractivity contribution is 7.12. The standard InChI is InChI=1S/C15H10FNO3S/c1-19-12-5-4-10(16)7-9(12)8-11-15(18)20-14(17-11)13-3-2-6-21-13/h2-8H,1H3/b11-8+. The summed E-state index contributed by atoms with van der Waals surface area (Å²) in [6, 6.07) is 7.70. The van der Waals surface area contributed by atoms with Gasteiger partial charge in [0.25, 0.3) is 0 Å². The van der Waals surface area contributed by atoms with E-state index in [1.165, 1.54) is 42.7 Å². The highest BCUT2D eigenvalue weighted by Gasteiger charge is 2.25. The first kappa shape index (κ1) is 13.5. The van der Waals surface area contributed by atoms with Crippen LogP contribution in [0.1, 0.15) is 10.4 Å². The Morgan fingerprint density at radius 2 is 2.24 bits per heavy atom. The number of rotatable bonds is 3. The lowest BCUT2D eigenvalue weighted by atomic mass is 10.1. The fourth-order valence-corrected chi connectivity index (χ4v) is 2.53. The smallest absolute Gasteiger partial charge is 0.363 e. The Morgan fingerprint density at radius 1 is 1.38 bits per heavy atom. The summed E-state index contributed by atoms with van der Waals surface area (Å²) in [6.45, 7) is 0. The summed E-state index contributed by atoms with van der Waals surface area (Å²) in [6.07, 6.45) is 1.45. The van der Waals surface area contributed by atoms with Crippen molar-refractivity contribution in [3.8, 4) is 5.75 Å². The van der Waals surface area contributed by atoms with Crippen LogP contribution in [0.5, 0.6) is 5.75 Å². The summed E-state index contributed by atoms with van der Waals surface area (Å²) >= 11 is 1.42. The second kappa shape index (κ2) is 5.49. The highest BCUT2D eigenvalue weighted by atomic mass is 32.1. The van der Waals surface area contributed by atoms with E-state index in [4.69, 9.17) is 9.47 Å². The lowest BCUT2D eigenvalue weighted by Gasteiger charge is -2.04. The van der Waals surface area contributed by atoms with Gasteiger partial charge in [-0.05, 0) is 35.7 Å². The zero-order chi connectivity index (χ0) is 14.8. The number of benzene rings is 1. The van der Waals surface area contributed by atoms with E-state index in [0.29, 0.717) is 11.3 Å². The molecule has 0 unspecified atom stereocenters. The van der Waals surface area contributed by atoms with Crippen molar-refractivity contribution in [2.75, 3.05) is 7.11 Å². The zero-order valence-corrected chi connectivity index (χ0v) is 11.8. The van der Waals surface area contributed by atoms with Gasteiger partial charge in [-0.25, -0.2) is 14.2 Å². The molecule has 0 saturated carbocycles. The Labute approximate surface area is 124 Å².